The van der Waals surface area contributed by atoms with Crippen LogP contribution in [0.1, 0.15) is 37.8 Å². The molecule has 0 spiro atoms. The Morgan fingerprint density at radius 3 is 2.69 bits per heavy atom. The van der Waals surface area contributed by atoms with E-state index >= 15 is 0 Å². The predicted molar refractivity (Wildman–Crippen MR) is 95.6 cm³/mol. The van der Waals surface area contributed by atoms with Crippen LogP contribution >= 0.6 is 0 Å². The standard InChI is InChI=1S/C16H23N5O4S/c1-3-20-11-13(15(18-20)12-5-6-12)26(24,25)17-8-4-9-21-14(22)7-10-19(2)16(21)23/h7,10-12,17H,3-6,8-9H2,1-2H3. The zero-order valence-electron chi connectivity index (χ0n) is 14.9. The number of rotatable bonds is 8. The molecule has 0 bridgehead atoms. The van der Waals surface area contributed by atoms with Gasteiger partial charge < -0.3 is 4.57 Å². The van der Waals surface area contributed by atoms with Crippen LogP contribution in [0.4, 0.5) is 0 Å². The second-order valence-corrected chi connectivity index (χ2v) is 8.19. The van der Waals surface area contributed by atoms with Crippen molar-refractivity contribution < 1.29 is 8.42 Å². The summed E-state index contributed by atoms with van der Waals surface area (Å²) in [6, 6.07) is 1.31. The van der Waals surface area contributed by atoms with E-state index in [4.69, 9.17) is 0 Å². The fourth-order valence-electron chi connectivity index (χ4n) is 2.77. The van der Waals surface area contributed by atoms with Crippen LogP contribution in [0.25, 0.3) is 0 Å². The first-order chi connectivity index (χ1) is 12.3. The van der Waals surface area contributed by atoms with E-state index in [-0.39, 0.29) is 23.9 Å². The molecule has 0 unspecified atom stereocenters. The second-order valence-electron chi connectivity index (χ2n) is 6.46. The van der Waals surface area contributed by atoms with Gasteiger partial charge in [0.05, 0.1) is 5.69 Å². The Labute approximate surface area is 151 Å². The maximum Gasteiger partial charge on any atom is 0.330 e. The third kappa shape index (κ3) is 3.80. The Kier molecular flexibility index (Phi) is 5.15. The third-order valence-electron chi connectivity index (χ3n) is 4.42. The van der Waals surface area contributed by atoms with Crippen LogP contribution in [0, 0.1) is 0 Å². The smallest absolute Gasteiger partial charge is 0.303 e. The van der Waals surface area contributed by atoms with E-state index in [0.717, 1.165) is 17.4 Å². The van der Waals surface area contributed by atoms with Crippen LogP contribution in [0.2, 0.25) is 0 Å². The number of sulfonamides is 1. The summed E-state index contributed by atoms with van der Waals surface area (Å²) < 4.78 is 31.8. The third-order valence-corrected chi connectivity index (χ3v) is 5.90. The summed E-state index contributed by atoms with van der Waals surface area (Å²) in [5, 5.41) is 4.37. The summed E-state index contributed by atoms with van der Waals surface area (Å²) in [5.74, 6) is 0.222. The molecule has 0 aromatic carbocycles. The first-order valence-corrected chi connectivity index (χ1v) is 10.2. The van der Waals surface area contributed by atoms with Gasteiger partial charge in [-0.1, -0.05) is 0 Å². The number of hydrogen-bond acceptors (Lipinski definition) is 5. The monoisotopic (exact) mass is 381 g/mol. The Morgan fingerprint density at radius 1 is 1.31 bits per heavy atom. The first kappa shape index (κ1) is 18.6. The van der Waals surface area contributed by atoms with Crippen molar-refractivity contribution in [2.24, 2.45) is 7.05 Å². The Morgan fingerprint density at radius 2 is 2.04 bits per heavy atom. The molecular weight excluding hydrogens is 358 g/mol. The average molecular weight is 381 g/mol. The van der Waals surface area contributed by atoms with E-state index in [9.17, 15) is 18.0 Å². The summed E-state index contributed by atoms with van der Waals surface area (Å²) in [4.78, 5) is 23.9. The van der Waals surface area contributed by atoms with Crippen molar-refractivity contribution in [1.82, 2.24) is 23.6 Å². The molecule has 2 aromatic heterocycles. The summed E-state index contributed by atoms with van der Waals surface area (Å²) in [6.45, 7) is 2.80. The quantitative estimate of drug-likeness (QED) is 0.648. The van der Waals surface area contributed by atoms with Crippen LogP contribution in [0.3, 0.4) is 0 Å². The van der Waals surface area contributed by atoms with Crippen LogP contribution < -0.4 is 16.0 Å². The summed E-state index contributed by atoms with van der Waals surface area (Å²) >= 11 is 0. The molecule has 10 heteroatoms. The fourth-order valence-corrected chi connectivity index (χ4v) is 4.08. The normalized spacial score (nSPS) is 14.7. The topological polar surface area (TPSA) is 108 Å². The van der Waals surface area contributed by atoms with Crippen LogP contribution in [-0.4, -0.2) is 33.9 Å². The number of nitrogens with one attached hydrogen (secondary N) is 1. The highest BCUT2D eigenvalue weighted by molar-refractivity contribution is 7.89. The minimum atomic E-state index is -3.67. The van der Waals surface area contributed by atoms with Gasteiger partial charge in [-0.15, -0.1) is 0 Å². The molecule has 0 atom stereocenters. The Bertz CT molecular complexity index is 1010. The minimum absolute atomic E-state index is 0.133. The van der Waals surface area contributed by atoms with Gasteiger partial charge in [-0.05, 0) is 26.2 Å². The maximum atomic E-state index is 12.6. The SMILES string of the molecule is CCn1cc(S(=O)(=O)NCCCn2c(=O)ccn(C)c2=O)c(C2CC2)n1. The molecule has 0 aliphatic heterocycles. The van der Waals surface area contributed by atoms with Gasteiger partial charge in [-0.25, -0.2) is 17.9 Å². The van der Waals surface area contributed by atoms with E-state index in [1.807, 2.05) is 6.92 Å². The lowest BCUT2D eigenvalue weighted by molar-refractivity contribution is 0.545. The molecular formula is C16H23N5O4S. The molecule has 1 aliphatic carbocycles. The summed E-state index contributed by atoms with van der Waals surface area (Å²) in [6.07, 6.45) is 5.23. The molecule has 2 aromatic rings. The Balaban J connectivity index is 1.67. The van der Waals surface area contributed by atoms with Crippen molar-refractivity contribution in [3.05, 3.63) is 45.0 Å². The van der Waals surface area contributed by atoms with E-state index in [0.29, 0.717) is 18.7 Å². The highest BCUT2D eigenvalue weighted by Gasteiger charge is 2.33. The maximum absolute atomic E-state index is 12.6. The lowest BCUT2D eigenvalue weighted by atomic mass is 10.3. The van der Waals surface area contributed by atoms with Gasteiger partial charge in [0.2, 0.25) is 10.0 Å². The van der Waals surface area contributed by atoms with Crippen molar-refractivity contribution in [1.29, 1.82) is 0 Å². The van der Waals surface area contributed by atoms with Crippen LogP contribution in [0.15, 0.2) is 32.9 Å². The first-order valence-electron chi connectivity index (χ1n) is 8.67. The highest BCUT2D eigenvalue weighted by atomic mass is 32.2. The lowest BCUT2D eigenvalue weighted by Crippen LogP contribution is -2.38. The van der Waals surface area contributed by atoms with Crippen molar-refractivity contribution in [2.75, 3.05) is 6.54 Å². The zero-order valence-corrected chi connectivity index (χ0v) is 15.7. The largest absolute Gasteiger partial charge is 0.330 e. The van der Waals surface area contributed by atoms with Gasteiger partial charge in [-0.2, -0.15) is 5.10 Å². The summed E-state index contributed by atoms with van der Waals surface area (Å²) in [7, 11) is -2.11. The molecule has 0 saturated heterocycles. The van der Waals surface area contributed by atoms with Gasteiger partial charge in [0.25, 0.3) is 5.56 Å². The molecule has 26 heavy (non-hydrogen) atoms. The van der Waals surface area contributed by atoms with Gasteiger partial charge in [-0.3, -0.25) is 14.0 Å². The molecule has 1 aliphatic rings. The molecule has 0 radical (unpaired) electrons. The molecule has 3 rings (SSSR count). The molecule has 1 N–H and O–H groups in total. The van der Waals surface area contributed by atoms with Crippen molar-refractivity contribution in [2.45, 2.75) is 50.1 Å². The number of aromatic nitrogens is 4. The second kappa shape index (κ2) is 7.20. The number of hydrogen-bond donors (Lipinski definition) is 1. The zero-order chi connectivity index (χ0) is 18.9. The molecule has 9 nitrogen and oxygen atoms in total. The molecule has 142 valence electrons. The van der Waals surface area contributed by atoms with Crippen molar-refractivity contribution in [3.63, 3.8) is 0 Å². The Hall–Kier alpha value is -2.20. The molecule has 1 fully saturated rings. The molecule has 0 amide bonds. The number of nitrogens with zero attached hydrogens (tertiary/aromatic N) is 4. The van der Waals surface area contributed by atoms with Gasteiger partial charge in [0, 0.05) is 51.1 Å². The predicted octanol–water partition coefficient (Wildman–Crippen LogP) is 0.00940. The lowest BCUT2D eigenvalue weighted by Gasteiger charge is -2.08. The van der Waals surface area contributed by atoms with Gasteiger partial charge in [0.1, 0.15) is 4.90 Å². The van der Waals surface area contributed by atoms with Crippen LogP contribution in [0.5, 0.6) is 0 Å². The number of aryl methyl sites for hydroxylation is 2. The summed E-state index contributed by atoms with van der Waals surface area (Å²) in [5.41, 5.74) is -0.177. The van der Waals surface area contributed by atoms with Crippen LogP contribution in [-0.2, 0) is 30.2 Å². The molecule has 1 saturated carbocycles. The van der Waals surface area contributed by atoms with Crippen molar-refractivity contribution >= 4 is 10.0 Å². The van der Waals surface area contributed by atoms with E-state index in [1.54, 1.807) is 17.9 Å². The molecule has 2 heterocycles. The van der Waals surface area contributed by atoms with E-state index in [1.165, 1.54) is 16.8 Å². The average Bonchev–Trinajstić information content (AvgIpc) is 3.35. The van der Waals surface area contributed by atoms with E-state index in [2.05, 4.69) is 9.82 Å². The van der Waals surface area contributed by atoms with Gasteiger partial charge in [0.15, 0.2) is 0 Å². The highest BCUT2D eigenvalue weighted by Crippen LogP contribution is 2.41. The van der Waals surface area contributed by atoms with Crippen molar-refractivity contribution in [3.8, 4) is 0 Å². The van der Waals surface area contributed by atoms with E-state index < -0.39 is 21.3 Å². The van der Waals surface area contributed by atoms with Gasteiger partial charge >= 0.3 is 5.69 Å². The minimum Gasteiger partial charge on any atom is -0.303 e. The fraction of sp³-hybridized carbons (Fsp3) is 0.562.